The maximum atomic E-state index is 12.5. The summed E-state index contributed by atoms with van der Waals surface area (Å²) >= 11 is 0. The molecule has 1 heterocycles. The summed E-state index contributed by atoms with van der Waals surface area (Å²) in [6.07, 6.45) is 1.40. The Kier molecular flexibility index (Phi) is 6.57. The Morgan fingerprint density at radius 1 is 0.968 bits per heavy atom. The quantitative estimate of drug-likeness (QED) is 0.510. The van der Waals surface area contributed by atoms with E-state index in [0.29, 0.717) is 5.56 Å². The minimum Gasteiger partial charge on any atom is -0.480 e. The van der Waals surface area contributed by atoms with Gasteiger partial charge in [-0.3, -0.25) is 4.79 Å². The average Bonchev–Trinajstić information content (AvgIpc) is 3.25. The van der Waals surface area contributed by atoms with Crippen LogP contribution in [0.25, 0.3) is 11.1 Å². The van der Waals surface area contributed by atoms with Crippen LogP contribution < -0.4 is 9.46 Å². The molecule has 0 amide bonds. The van der Waals surface area contributed by atoms with Crippen molar-refractivity contribution in [2.75, 3.05) is 0 Å². The summed E-state index contributed by atoms with van der Waals surface area (Å²) < 4.78 is 37.3. The number of carbonyl (C=O) groups is 2. The van der Waals surface area contributed by atoms with Gasteiger partial charge in [0.15, 0.2) is 0 Å². The van der Waals surface area contributed by atoms with Crippen molar-refractivity contribution in [3.63, 3.8) is 0 Å². The van der Waals surface area contributed by atoms with Gasteiger partial charge < -0.3 is 14.3 Å². The third-order valence-corrected chi connectivity index (χ3v) is 5.98. The first-order valence-corrected chi connectivity index (χ1v) is 10.9. The number of nitrogens with one attached hydrogen (secondary N) is 1. The van der Waals surface area contributed by atoms with Gasteiger partial charge in [-0.05, 0) is 47.4 Å². The number of rotatable bonds is 8. The molecule has 162 valence electrons. The second-order valence-corrected chi connectivity index (χ2v) is 8.82. The lowest BCUT2D eigenvalue weighted by atomic mass is 10.0. The van der Waals surface area contributed by atoms with Crippen molar-refractivity contribution in [3.05, 3.63) is 72.5 Å². The average molecular weight is 443 g/mol. The van der Waals surface area contributed by atoms with E-state index in [1.54, 1.807) is 56.3 Å². The highest BCUT2D eigenvalue weighted by Gasteiger charge is 2.28. The molecule has 1 atom stereocenters. The number of benzene rings is 2. The first-order chi connectivity index (χ1) is 14.7. The van der Waals surface area contributed by atoms with Gasteiger partial charge in [0.25, 0.3) is 5.95 Å². The van der Waals surface area contributed by atoms with E-state index in [9.17, 15) is 23.1 Å². The number of ether oxygens (including phenoxy) is 1. The normalized spacial score (nSPS) is 12.5. The molecule has 9 heteroatoms. The minimum absolute atomic E-state index is 0.0400. The molecule has 0 bridgehead atoms. The highest BCUT2D eigenvalue weighted by atomic mass is 32.2. The zero-order valence-corrected chi connectivity index (χ0v) is 17.6. The maximum absolute atomic E-state index is 12.5. The van der Waals surface area contributed by atoms with E-state index < -0.39 is 33.9 Å². The predicted molar refractivity (Wildman–Crippen MR) is 112 cm³/mol. The van der Waals surface area contributed by atoms with Crippen molar-refractivity contribution < 1.29 is 32.3 Å². The summed E-state index contributed by atoms with van der Waals surface area (Å²) in [6.45, 7) is 3.25. The highest BCUT2D eigenvalue weighted by Crippen LogP contribution is 2.23. The zero-order valence-electron chi connectivity index (χ0n) is 16.8. The monoisotopic (exact) mass is 443 g/mol. The van der Waals surface area contributed by atoms with Crippen LogP contribution in [-0.4, -0.2) is 31.5 Å². The molecule has 0 spiro atoms. The molecule has 0 aliphatic carbocycles. The summed E-state index contributed by atoms with van der Waals surface area (Å²) in [5.74, 6) is -2.11. The SMILES string of the molecule is CC(C)[C@@H](NS(=O)(=O)c1ccc(-c2ccc(C(=O)Oc3ccco3)cc2)cc1)C(=O)O. The molecular weight excluding hydrogens is 422 g/mol. The van der Waals surface area contributed by atoms with E-state index in [-0.39, 0.29) is 10.8 Å². The molecule has 1 aromatic heterocycles. The summed E-state index contributed by atoms with van der Waals surface area (Å²) in [5.41, 5.74) is 1.82. The topological polar surface area (TPSA) is 123 Å². The standard InChI is InChI=1S/C22H21NO7S/c1-14(2)20(21(24)25)23-31(27,28)18-11-9-16(10-12-18)15-5-7-17(8-6-15)22(26)30-19-4-3-13-29-19/h3-14,20,23H,1-2H3,(H,24,25)/t20-/m1/s1. The molecule has 3 rings (SSSR count). The minimum atomic E-state index is -3.99. The Morgan fingerprint density at radius 2 is 1.55 bits per heavy atom. The molecule has 3 aromatic rings. The van der Waals surface area contributed by atoms with E-state index in [4.69, 9.17) is 9.15 Å². The number of furan rings is 1. The number of aliphatic carboxylic acids is 1. The van der Waals surface area contributed by atoms with Crippen molar-refractivity contribution in [2.45, 2.75) is 24.8 Å². The molecule has 0 saturated carbocycles. The molecular formula is C22H21NO7S. The van der Waals surface area contributed by atoms with Crippen LogP contribution >= 0.6 is 0 Å². The van der Waals surface area contributed by atoms with Crippen molar-refractivity contribution in [1.29, 1.82) is 0 Å². The van der Waals surface area contributed by atoms with Gasteiger partial charge in [-0.25, -0.2) is 13.2 Å². The molecule has 31 heavy (non-hydrogen) atoms. The fraction of sp³-hybridized carbons (Fsp3) is 0.182. The van der Waals surface area contributed by atoms with Crippen molar-refractivity contribution in [1.82, 2.24) is 4.72 Å². The van der Waals surface area contributed by atoms with Gasteiger partial charge in [0.05, 0.1) is 16.7 Å². The van der Waals surface area contributed by atoms with E-state index >= 15 is 0 Å². The molecule has 8 nitrogen and oxygen atoms in total. The Balaban J connectivity index is 1.73. The van der Waals surface area contributed by atoms with E-state index in [1.165, 1.54) is 24.5 Å². The van der Waals surface area contributed by atoms with Gasteiger partial charge in [-0.15, -0.1) is 0 Å². The number of sulfonamides is 1. The molecule has 0 fully saturated rings. The van der Waals surface area contributed by atoms with Crippen LogP contribution in [0.2, 0.25) is 0 Å². The lowest BCUT2D eigenvalue weighted by molar-refractivity contribution is -0.140. The Bertz CT molecular complexity index is 1150. The van der Waals surface area contributed by atoms with Gasteiger partial charge in [-0.1, -0.05) is 38.1 Å². The lowest BCUT2D eigenvalue weighted by Gasteiger charge is -2.18. The summed E-state index contributed by atoms with van der Waals surface area (Å²) in [6, 6.07) is 14.5. The molecule has 0 unspecified atom stereocenters. The number of hydrogen-bond acceptors (Lipinski definition) is 6. The van der Waals surface area contributed by atoms with E-state index in [2.05, 4.69) is 4.72 Å². The Labute approximate surface area is 179 Å². The summed E-state index contributed by atoms with van der Waals surface area (Å²) in [7, 11) is -3.99. The molecule has 0 radical (unpaired) electrons. The number of carboxylic acid groups (broad SMARTS) is 1. The largest absolute Gasteiger partial charge is 0.480 e. The fourth-order valence-corrected chi connectivity index (χ4v) is 4.14. The fourth-order valence-electron chi connectivity index (χ4n) is 2.80. The number of esters is 1. The van der Waals surface area contributed by atoms with Crippen molar-refractivity contribution in [3.8, 4) is 17.1 Å². The van der Waals surface area contributed by atoms with Crippen LogP contribution in [0, 0.1) is 5.92 Å². The first-order valence-electron chi connectivity index (χ1n) is 9.38. The van der Waals surface area contributed by atoms with Gasteiger partial charge in [0, 0.05) is 6.07 Å². The van der Waals surface area contributed by atoms with Crippen LogP contribution in [0.4, 0.5) is 0 Å². The maximum Gasteiger partial charge on any atom is 0.345 e. The second kappa shape index (κ2) is 9.15. The molecule has 0 aliphatic heterocycles. The zero-order chi connectivity index (χ0) is 22.6. The van der Waals surface area contributed by atoms with Gasteiger partial charge in [-0.2, -0.15) is 4.72 Å². The van der Waals surface area contributed by atoms with Gasteiger partial charge in [0.2, 0.25) is 10.0 Å². The van der Waals surface area contributed by atoms with Crippen molar-refractivity contribution in [2.24, 2.45) is 5.92 Å². The third-order valence-electron chi connectivity index (χ3n) is 4.52. The van der Waals surface area contributed by atoms with Gasteiger partial charge in [0.1, 0.15) is 6.04 Å². The summed E-state index contributed by atoms with van der Waals surface area (Å²) in [5, 5.41) is 9.21. The van der Waals surface area contributed by atoms with E-state index in [0.717, 1.165) is 11.1 Å². The first kappa shape index (κ1) is 22.3. The number of carbonyl (C=O) groups excluding carboxylic acids is 1. The molecule has 0 saturated heterocycles. The highest BCUT2D eigenvalue weighted by molar-refractivity contribution is 7.89. The predicted octanol–water partition coefficient (Wildman–Crippen LogP) is 3.55. The Morgan fingerprint density at radius 3 is 2.03 bits per heavy atom. The smallest absolute Gasteiger partial charge is 0.345 e. The molecule has 2 N–H and O–H groups in total. The van der Waals surface area contributed by atoms with Crippen LogP contribution in [0.15, 0.2) is 76.2 Å². The second-order valence-electron chi connectivity index (χ2n) is 7.10. The third kappa shape index (κ3) is 5.39. The van der Waals surface area contributed by atoms with Crippen LogP contribution in [0.3, 0.4) is 0 Å². The van der Waals surface area contributed by atoms with Gasteiger partial charge >= 0.3 is 11.9 Å². The van der Waals surface area contributed by atoms with Crippen LogP contribution in [0.5, 0.6) is 5.95 Å². The Hall–Kier alpha value is -3.43. The molecule has 2 aromatic carbocycles. The summed E-state index contributed by atoms with van der Waals surface area (Å²) in [4.78, 5) is 23.3. The van der Waals surface area contributed by atoms with Crippen LogP contribution in [0.1, 0.15) is 24.2 Å². The number of hydrogen-bond donors (Lipinski definition) is 2. The van der Waals surface area contributed by atoms with Crippen molar-refractivity contribution >= 4 is 22.0 Å². The number of carboxylic acids is 1. The van der Waals surface area contributed by atoms with Crippen LogP contribution in [-0.2, 0) is 14.8 Å². The lowest BCUT2D eigenvalue weighted by Crippen LogP contribution is -2.44. The molecule has 0 aliphatic rings. The van der Waals surface area contributed by atoms with E-state index in [1.807, 2.05) is 0 Å².